The van der Waals surface area contributed by atoms with Crippen molar-refractivity contribution in [2.45, 2.75) is 6.10 Å². The summed E-state index contributed by atoms with van der Waals surface area (Å²) in [5.74, 6) is -0.881. The third-order valence-electron chi connectivity index (χ3n) is 3.37. The molecule has 112 valence electrons. The average Bonchev–Trinajstić information content (AvgIpc) is 2.97. The first-order valence-electron chi connectivity index (χ1n) is 6.79. The summed E-state index contributed by atoms with van der Waals surface area (Å²) in [5.41, 5.74) is 1.17. The number of rotatable bonds is 4. The Morgan fingerprint density at radius 1 is 1.27 bits per heavy atom. The summed E-state index contributed by atoms with van der Waals surface area (Å²) in [5, 5.41) is 12.6. The van der Waals surface area contributed by atoms with Crippen molar-refractivity contribution in [3.8, 4) is 0 Å². The van der Waals surface area contributed by atoms with E-state index in [0.29, 0.717) is 11.3 Å². The van der Waals surface area contributed by atoms with Crippen LogP contribution in [0, 0.1) is 5.82 Å². The van der Waals surface area contributed by atoms with Crippen LogP contribution in [0.4, 0.5) is 4.39 Å². The largest absolute Gasteiger partial charge is 0.386 e. The second-order valence-electron chi connectivity index (χ2n) is 4.82. The van der Waals surface area contributed by atoms with Crippen molar-refractivity contribution in [3.63, 3.8) is 0 Å². The molecule has 3 aromatic rings. The van der Waals surface area contributed by atoms with Gasteiger partial charge in [0.15, 0.2) is 0 Å². The van der Waals surface area contributed by atoms with Gasteiger partial charge < -0.3 is 10.4 Å². The zero-order chi connectivity index (χ0) is 15.5. The number of aliphatic hydroxyl groups excluding tert-OH is 1. The molecule has 2 N–H and O–H groups in total. The molecule has 6 heteroatoms. The zero-order valence-corrected chi connectivity index (χ0v) is 11.6. The molecule has 2 aromatic heterocycles. The SMILES string of the molecule is O=C(NCC(O)c1ccccc1F)c1cnc2ccccn12. The summed E-state index contributed by atoms with van der Waals surface area (Å²) < 4.78 is 15.2. The highest BCUT2D eigenvalue weighted by molar-refractivity contribution is 5.93. The van der Waals surface area contributed by atoms with E-state index in [0.717, 1.165) is 0 Å². The van der Waals surface area contributed by atoms with Gasteiger partial charge in [-0.25, -0.2) is 9.37 Å². The predicted octanol–water partition coefficient (Wildman–Crippen LogP) is 1.94. The number of aromatic nitrogens is 2. The van der Waals surface area contributed by atoms with Crippen LogP contribution in [0.25, 0.3) is 5.65 Å². The number of halogens is 1. The van der Waals surface area contributed by atoms with E-state index in [9.17, 15) is 14.3 Å². The molecular formula is C16H14FN3O2. The number of carbonyl (C=O) groups is 1. The molecule has 0 aliphatic heterocycles. The fourth-order valence-corrected chi connectivity index (χ4v) is 2.24. The van der Waals surface area contributed by atoms with Gasteiger partial charge in [0.2, 0.25) is 0 Å². The van der Waals surface area contributed by atoms with Crippen LogP contribution in [-0.4, -0.2) is 26.9 Å². The lowest BCUT2D eigenvalue weighted by Gasteiger charge is -2.12. The summed E-state index contributed by atoms with van der Waals surface area (Å²) in [6.45, 7) is -0.0835. The van der Waals surface area contributed by atoms with Gasteiger partial charge >= 0.3 is 0 Å². The molecule has 0 aliphatic rings. The summed E-state index contributed by atoms with van der Waals surface area (Å²) >= 11 is 0. The van der Waals surface area contributed by atoms with Crippen molar-refractivity contribution < 1.29 is 14.3 Å². The Kier molecular flexibility index (Phi) is 3.84. The van der Waals surface area contributed by atoms with Crippen molar-refractivity contribution in [1.29, 1.82) is 0 Å². The Bertz CT molecular complexity index is 816. The van der Waals surface area contributed by atoms with Crippen molar-refractivity contribution in [3.05, 3.63) is 71.9 Å². The zero-order valence-electron chi connectivity index (χ0n) is 11.6. The maximum Gasteiger partial charge on any atom is 0.270 e. The number of nitrogens with one attached hydrogen (secondary N) is 1. The number of fused-ring (bicyclic) bond motifs is 1. The van der Waals surface area contributed by atoms with Gasteiger partial charge in [-0.05, 0) is 18.2 Å². The van der Waals surface area contributed by atoms with Crippen LogP contribution in [-0.2, 0) is 0 Å². The van der Waals surface area contributed by atoms with E-state index in [1.165, 1.54) is 18.3 Å². The number of imidazole rings is 1. The molecule has 3 rings (SSSR count). The quantitative estimate of drug-likeness (QED) is 0.773. The Morgan fingerprint density at radius 3 is 2.86 bits per heavy atom. The van der Waals surface area contributed by atoms with Crippen LogP contribution < -0.4 is 5.32 Å². The van der Waals surface area contributed by atoms with Gasteiger partial charge in [-0.3, -0.25) is 9.20 Å². The third kappa shape index (κ3) is 2.68. The second-order valence-corrected chi connectivity index (χ2v) is 4.82. The lowest BCUT2D eigenvalue weighted by molar-refractivity contribution is 0.0908. The highest BCUT2D eigenvalue weighted by Gasteiger charge is 2.16. The van der Waals surface area contributed by atoms with Crippen LogP contribution in [0.3, 0.4) is 0 Å². The Labute approximate surface area is 126 Å². The lowest BCUT2D eigenvalue weighted by Crippen LogP contribution is -2.29. The van der Waals surface area contributed by atoms with Gasteiger partial charge in [0.1, 0.15) is 17.2 Å². The number of aliphatic hydroxyl groups is 1. The maximum absolute atomic E-state index is 13.6. The van der Waals surface area contributed by atoms with Crippen LogP contribution >= 0.6 is 0 Å². The van der Waals surface area contributed by atoms with E-state index in [1.807, 2.05) is 6.07 Å². The van der Waals surface area contributed by atoms with Crippen molar-refractivity contribution >= 4 is 11.6 Å². The van der Waals surface area contributed by atoms with Crippen LogP contribution in [0.2, 0.25) is 0 Å². The number of hydrogen-bond donors (Lipinski definition) is 2. The van der Waals surface area contributed by atoms with Gasteiger partial charge in [-0.2, -0.15) is 0 Å². The van der Waals surface area contributed by atoms with Crippen molar-refractivity contribution in [2.75, 3.05) is 6.54 Å². The molecule has 0 radical (unpaired) electrons. The highest BCUT2D eigenvalue weighted by Crippen LogP contribution is 2.16. The molecule has 0 aliphatic carbocycles. The molecule has 0 spiro atoms. The number of pyridine rings is 1. The van der Waals surface area contributed by atoms with Crippen LogP contribution in [0.1, 0.15) is 22.2 Å². The minimum absolute atomic E-state index is 0.0835. The molecule has 2 heterocycles. The molecule has 5 nitrogen and oxygen atoms in total. The van der Waals surface area contributed by atoms with Gasteiger partial charge in [0.25, 0.3) is 5.91 Å². The fourth-order valence-electron chi connectivity index (χ4n) is 2.24. The highest BCUT2D eigenvalue weighted by atomic mass is 19.1. The number of carbonyl (C=O) groups excluding carboxylic acids is 1. The molecule has 1 unspecified atom stereocenters. The molecule has 0 saturated carbocycles. The van der Waals surface area contributed by atoms with Crippen LogP contribution in [0.15, 0.2) is 54.9 Å². The van der Waals surface area contributed by atoms with E-state index >= 15 is 0 Å². The van der Waals surface area contributed by atoms with Gasteiger partial charge in [-0.15, -0.1) is 0 Å². The Balaban J connectivity index is 1.71. The summed E-state index contributed by atoms with van der Waals surface area (Å²) in [7, 11) is 0. The van der Waals surface area contributed by atoms with Crippen LogP contribution in [0.5, 0.6) is 0 Å². The topological polar surface area (TPSA) is 66.6 Å². The first-order chi connectivity index (χ1) is 10.7. The second kappa shape index (κ2) is 5.95. The van der Waals surface area contributed by atoms with Crippen molar-refractivity contribution in [1.82, 2.24) is 14.7 Å². The molecular weight excluding hydrogens is 285 g/mol. The average molecular weight is 299 g/mol. The van der Waals surface area contributed by atoms with E-state index in [2.05, 4.69) is 10.3 Å². The minimum atomic E-state index is -1.11. The number of hydrogen-bond acceptors (Lipinski definition) is 3. The molecule has 22 heavy (non-hydrogen) atoms. The summed E-state index contributed by atoms with van der Waals surface area (Å²) in [6, 6.07) is 11.3. The normalized spacial score (nSPS) is 12.3. The molecule has 1 aromatic carbocycles. The summed E-state index contributed by atoms with van der Waals surface area (Å²) in [4.78, 5) is 16.3. The first-order valence-corrected chi connectivity index (χ1v) is 6.79. The van der Waals surface area contributed by atoms with E-state index in [1.54, 1.807) is 34.9 Å². The molecule has 0 bridgehead atoms. The predicted molar refractivity (Wildman–Crippen MR) is 78.9 cm³/mol. The lowest BCUT2D eigenvalue weighted by atomic mass is 10.1. The minimum Gasteiger partial charge on any atom is -0.386 e. The number of amides is 1. The molecule has 1 atom stereocenters. The maximum atomic E-state index is 13.6. The fraction of sp³-hybridized carbons (Fsp3) is 0.125. The molecule has 1 amide bonds. The molecule has 0 fully saturated rings. The summed E-state index contributed by atoms with van der Waals surface area (Å²) in [6.07, 6.45) is 2.08. The van der Waals surface area contributed by atoms with Crippen molar-refractivity contribution in [2.24, 2.45) is 0 Å². The number of nitrogens with zero attached hydrogens (tertiary/aromatic N) is 2. The first kappa shape index (κ1) is 14.2. The Hall–Kier alpha value is -2.73. The monoisotopic (exact) mass is 299 g/mol. The van der Waals surface area contributed by atoms with Gasteiger partial charge in [0, 0.05) is 18.3 Å². The molecule has 0 saturated heterocycles. The standard InChI is InChI=1S/C16H14FN3O2/c17-12-6-2-1-5-11(12)14(21)10-19-16(22)13-9-18-15-7-3-4-8-20(13)15/h1-9,14,21H,10H2,(H,19,22). The van der Waals surface area contributed by atoms with E-state index in [-0.39, 0.29) is 18.0 Å². The van der Waals surface area contributed by atoms with Gasteiger partial charge in [0.05, 0.1) is 12.3 Å². The smallest absolute Gasteiger partial charge is 0.270 e. The Morgan fingerprint density at radius 2 is 2.05 bits per heavy atom. The van der Waals surface area contributed by atoms with Gasteiger partial charge in [-0.1, -0.05) is 24.3 Å². The van der Waals surface area contributed by atoms with E-state index in [4.69, 9.17) is 0 Å². The van der Waals surface area contributed by atoms with E-state index < -0.39 is 11.9 Å². The third-order valence-corrected chi connectivity index (χ3v) is 3.37. The number of benzene rings is 1.